The number of aryl methyl sites for hydroxylation is 1. The van der Waals surface area contributed by atoms with E-state index < -0.39 is 5.97 Å². The molecule has 25 heavy (non-hydrogen) atoms. The number of carboxylic acids is 1. The Kier molecular flexibility index (Phi) is 3.58. The summed E-state index contributed by atoms with van der Waals surface area (Å²) in [4.78, 5) is 28.6. The van der Waals surface area contributed by atoms with Gasteiger partial charge in [-0.3, -0.25) is 9.59 Å². The molecule has 0 radical (unpaired) electrons. The number of hydrogen-bond donors (Lipinski definition) is 1. The third-order valence-corrected chi connectivity index (χ3v) is 4.92. The molecule has 0 aliphatic rings. The number of carboxylic acid groups (broad SMARTS) is 1. The van der Waals surface area contributed by atoms with Crippen molar-refractivity contribution in [2.75, 3.05) is 0 Å². The fraction of sp³-hybridized carbons (Fsp3) is 0.111. The monoisotopic (exact) mass is 351 g/mol. The van der Waals surface area contributed by atoms with E-state index in [9.17, 15) is 14.7 Å². The zero-order chi connectivity index (χ0) is 17.6. The van der Waals surface area contributed by atoms with Gasteiger partial charge in [-0.05, 0) is 31.2 Å². The number of benzene rings is 2. The Labute approximate surface area is 146 Å². The van der Waals surface area contributed by atoms with Crippen LogP contribution in [0.1, 0.15) is 11.3 Å². The van der Waals surface area contributed by atoms with Gasteiger partial charge in [-0.25, -0.2) is 4.98 Å². The van der Waals surface area contributed by atoms with Gasteiger partial charge in [-0.1, -0.05) is 35.1 Å². The van der Waals surface area contributed by atoms with E-state index >= 15 is 0 Å². The molecule has 0 fully saturated rings. The van der Waals surface area contributed by atoms with Crippen molar-refractivity contribution in [2.24, 2.45) is 0 Å². The number of nitrogens with zero attached hydrogens (tertiary/aromatic N) is 3. The lowest BCUT2D eigenvalue weighted by molar-refractivity contribution is -0.136. The van der Waals surface area contributed by atoms with Crippen LogP contribution in [0.25, 0.3) is 26.1 Å². The molecule has 2 aromatic heterocycles. The van der Waals surface area contributed by atoms with Gasteiger partial charge in [-0.2, -0.15) is 9.78 Å². The molecule has 7 heteroatoms. The van der Waals surface area contributed by atoms with Gasteiger partial charge in [0.25, 0.3) is 5.56 Å². The molecular weight excluding hydrogens is 338 g/mol. The van der Waals surface area contributed by atoms with Crippen LogP contribution in [-0.4, -0.2) is 25.8 Å². The zero-order valence-electron chi connectivity index (χ0n) is 13.3. The second kappa shape index (κ2) is 5.78. The molecule has 0 bridgehead atoms. The number of thiazole rings is 1. The predicted molar refractivity (Wildman–Crippen MR) is 96.6 cm³/mol. The highest BCUT2D eigenvalue weighted by Crippen LogP contribution is 2.24. The normalized spacial score (nSPS) is 11.2. The van der Waals surface area contributed by atoms with Crippen molar-refractivity contribution in [3.8, 4) is 5.13 Å². The summed E-state index contributed by atoms with van der Waals surface area (Å²) in [6.07, 6.45) is -0.259. The summed E-state index contributed by atoms with van der Waals surface area (Å²) in [5.74, 6) is -0.996. The maximum absolute atomic E-state index is 12.9. The van der Waals surface area contributed by atoms with E-state index in [0.717, 1.165) is 15.8 Å². The Morgan fingerprint density at radius 2 is 2.00 bits per heavy atom. The van der Waals surface area contributed by atoms with Gasteiger partial charge in [0.2, 0.25) is 5.13 Å². The first-order chi connectivity index (χ1) is 12.0. The van der Waals surface area contributed by atoms with Gasteiger partial charge in [0.15, 0.2) is 0 Å². The molecule has 1 N–H and O–H groups in total. The van der Waals surface area contributed by atoms with Gasteiger partial charge in [0.1, 0.15) is 0 Å². The minimum Gasteiger partial charge on any atom is -0.481 e. The summed E-state index contributed by atoms with van der Waals surface area (Å²) >= 11 is 1.35. The standard InChI is InChI=1S/C18H13N3O3S/c1-10-6-7-11-12(8-10)14(9-16(22)23)20-21(17(11)24)18-19-13-4-2-3-5-15(13)25-18/h2-8H,9H2,1H3,(H,22,23). The highest BCUT2D eigenvalue weighted by molar-refractivity contribution is 7.20. The highest BCUT2D eigenvalue weighted by atomic mass is 32.1. The zero-order valence-corrected chi connectivity index (χ0v) is 14.1. The first-order valence-corrected chi connectivity index (χ1v) is 8.45. The Bertz CT molecular complexity index is 1160. The SMILES string of the molecule is Cc1ccc2c(=O)n(-c3nc4ccccc4s3)nc(CC(=O)O)c2c1. The summed E-state index contributed by atoms with van der Waals surface area (Å²) < 4.78 is 2.15. The molecule has 0 unspecified atom stereocenters. The van der Waals surface area contributed by atoms with Crippen molar-refractivity contribution in [1.82, 2.24) is 14.8 Å². The van der Waals surface area contributed by atoms with Gasteiger partial charge in [0.05, 0.1) is 27.7 Å². The minimum atomic E-state index is -0.996. The molecule has 0 saturated heterocycles. The Balaban J connectivity index is 2.03. The average Bonchev–Trinajstić information content (AvgIpc) is 3.00. The summed E-state index contributed by atoms with van der Waals surface area (Å²) in [5, 5.41) is 15.0. The van der Waals surface area contributed by atoms with Crippen LogP contribution in [0, 0.1) is 6.92 Å². The number of carbonyl (C=O) groups is 1. The third kappa shape index (κ3) is 2.68. The molecule has 0 aliphatic carbocycles. The molecule has 2 aromatic carbocycles. The molecule has 0 aliphatic heterocycles. The Hall–Kier alpha value is -3.06. The predicted octanol–water partition coefficient (Wildman–Crippen LogP) is 2.93. The van der Waals surface area contributed by atoms with E-state index in [1.54, 1.807) is 12.1 Å². The molecular formula is C18H13N3O3S. The molecule has 124 valence electrons. The quantitative estimate of drug-likeness (QED) is 0.613. The third-order valence-electron chi connectivity index (χ3n) is 3.91. The largest absolute Gasteiger partial charge is 0.481 e. The van der Waals surface area contributed by atoms with Crippen molar-refractivity contribution in [3.63, 3.8) is 0 Å². The van der Waals surface area contributed by atoms with Crippen LogP contribution in [0.15, 0.2) is 47.3 Å². The van der Waals surface area contributed by atoms with E-state index in [1.165, 1.54) is 16.0 Å². The molecule has 6 nitrogen and oxygen atoms in total. The molecule has 4 aromatic rings. The summed E-state index contributed by atoms with van der Waals surface area (Å²) in [6, 6.07) is 12.9. The fourth-order valence-electron chi connectivity index (χ4n) is 2.77. The fourth-order valence-corrected chi connectivity index (χ4v) is 3.69. The maximum atomic E-state index is 12.9. The molecule has 2 heterocycles. The minimum absolute atomic E-state index is 0.259. The van der Waals surface area contributed by atoms with Gasteiger partial charge >= 0.3 is 5.97 Å². The lowest BCUT2D eigenvalue weighted by Gasteiger charge is -2.08. The van der Waals surface area contributed by atoms with Crippen LogP contribution in [0.3, 0.4) is 0 Å². The van der Waals surface area contributed by atoms with E-state index in [0.29, 0.717) is 21.6 Å². The van der Waals surface area contributed by atoms with E-state index in [-0.39, 0.29) is 12.0 Å². The summed E-state index contributed by atoms with van der Waals surface area (Å²) in [7, 11) is 0. The van der Waals surface area contributed by atoms with Crippen molar-refractivity contribution in [3.05, 3.63) is 64.1 Å². The number of aliphatic carboxylic acids is 1. The molecule has 0 saturated carbocycles. The van der Waals surface area contributed by atoms with Crippen LogP contribution >= 0.6 is 11.3 Å². The van der Waals surface area contributed by atoms with Gasteiger partial charge < -0.3 is 5.11 Å². The lowest BCUT2D eigenvalue weighted by Crippen LogP contribution is -2.24. The number of rotatable bonds is 3. The van der Waals surface area contributed by atoms with Crippen LogP contribution < -0.4 is 5.56 Å². The summed E-state index contributed by atoms with van der Waals surface area (Å²) in [5.41, 5.74) is 1.77. The number of hydrogen-bond acceptors (Lipinski definition) is 5. The molecule has 0 amide bonds. The van der Waals surface area contributed by atoms with Crippen LogP contribution in [0.2, 0.25) is 0 Å². The number of fused-ring (bicyclic) bond motifs is 2. The van der Waals surface area contributed by atoms with Crippen LogP contribution in [0.5, 0.6) is 0 Å². The summed E-state index contributed by atoms with van der Waals surface area (Å²) in [6.45, 7) is 1.89. The van der Waals surface area contributed by atoms with E-state index in [2.05, 4.69) is 10.1 Å². The van der Waals surface area contributed by atoms with E-state index in [4.69, 9.17) is 0 Å². The first-order valence-electron chi connectivity index (χ1n) is 7.63. The average molecular weight is 351 g/mol. The van der Waals surface area contributed by atoms with E-state index in [1.807, 2.05) is 37.3 Å². The lowest BCUT2D eigenvalue weighted by atomic mass is 10.1. The maximum Gasteiger partial charge on any atom is 0.309 e. The first kappa shape index (κ1) is 15.5. The van der Waals surface area contributed by atoms with Crippen LogP contribution in [0.4, 0.5) is 0 Å². The molecule has 0 spiro atoms. The van der Waals surface area contributed by atoms with Crippen molar-refractivity contribution in [1.29, 1.82) is 0 Å². The topological polar surface area (TPSA) is 85.1 Å². The number of para-hydroxylation sites is 1. The Morgan fingerprint density at radius 1 is 1.20 bits per heavy atom. The van der Waals surface area contributed by atoms with Crippen molar-refractivity contribution in [2.45, 2.75) is 13.3 Å². The number of aromatic nitrogens is 3. The van der Waals surface area contributed by atoms with Crippen LogP contribution in [-0.2, 0) is 11.2 Å². The van der Waals surface area contributed by atoms with Gasteiger partial charge in [-0.15, -0.1) is 0 Å². The van der Waals surface area contributed by atoms with Gasteiger partial charge in [0, 0.05) is 5.39 Å². The highest BCUT2D eigenvalue weighted by Gasteiger charge is 2.16. The van der Waals surface area contributed by atoms with Crippen molar-refractivity contribution < 1.29 is 9.90 Å². The molecule has 4 rings (SSSR count). The second-order valence-corrected chi connectivity index (χ2v) is 6.76. The Morgan fingerprint density at radius 3 is 2.76 bits per heavy atom. The molecule has 0 atom stereocenters. The van der Waals surface area contributed by atoms with Crippen molar-refractivity contribution >= 4 is 38.3 Å². The second-order valence-electron chi connectivity index (χ2n) is 5.75. The smallest absolute Gasteiger partial charge is 0.309 e.